The van der Waals surface area contributed by atoms with Crippen LogP contribution in [0.15, 0.2) is 0 Å². The van der Waals surface area contributed by atoms with Gasteiger partial charge in [-0.2, -0.15) is 0 Å². The Morgan fingerprint density at radius 3 is 1.75 bits per heavy atom. The van der Waals surface area contributed by atoms with Gasteiger partial charge >= 0.3 is 31.3 Å². The smallest absolute Gasteiger partial charge is 0.0683 e. The fourth-order valence-electron chi connectivity index (χ4n) is 0. The van der Waals surface area contributed by atoms with Crippen LogP contribution in [0, 0.1) is 7.43 Å². The molecule has 0 amide bonds. The summed E-state index contributed by atoms with van der Waals surface area (Å²) in [6, 6.07) is 0. The minimum absolute atomic E-state index is 0. The molecule has 2 heteroatoms. The van der Waals surface area contributed by atoms with Crippen LogP contribution in [0.4, 0.5) is 0 Å². The molecule has 0 bridgehead atoms. The van der Waals surface area contributed by atoms with Gasteiger partial charge in [0.15, 0.2) is 0 Å². The third-order valence-electron chi connectivity index (χ3n) is 0. The first kappa shape index (κ1) is 8.82. The molecular weight excluding hydrogens is 87.9 g/mol. The zero-order valence-electron chi connectivity index (χ0n) is 2.91. The van der Waals surface area contributed by atoms with Crippen LogP contribution in [0.1, 0.15) is 0 Å². The number of hydrogen-bond donors (Lipinski definition) is 0. The van der Waals surface area contributed by atoms with Gasteiger partial charge in [-0.05, 0) is 0 Å². The van der Waals surface area contributed by atoms with E-state index < -0.39 is 0 Å². The summed E-state index contributed by atoms with van der Waals surface area (Å²) < 4.78 is 4.25. The molecule has 0 N–H and O–H groups in total. The van der Waals surface area contributed by atoms with Crippen molar-refractivity contribution in [2.45, 2.75) is 0 Å². The molecular formula is C2H6OTi. The molecule has 4 heavy (non-hydrogen) atoms. The van der Waals surface area contributed by atoms with E-state index in [-0.39, 0.29) is 7.43 Å². The molecule has 0 aromatic heterocycles. The molecule has 0 rings (SSSR count). The second-order valence-corrected chi connectivity index (χ2v) is 0.842. The first-order valence-corrected chi connectivity index (χ1v) is 1.25. The van der Waals surface area contributed by atoms with Gasteiger partial charge in [-0.3, -0.25) is 0 Å². The summed E-state index contributed by atoms with van der Waals surface area (Å²) >= 11 is 1.62. The van der Waals surface area contributed by atoms with Crippen molar-refractivity contribution in [3.8, 4) is 0 Å². The first-order valence-electron chi connectivity index (χ1n) is 0.612. The monoisotopic (exact) mass is 94.0 g/mol. The second-order valence-electron chi connectivity index (χ2n) is 0.204. The summed E-state index contributed by atoms with van der Waals surface area (Å²) in [4.78, 5) is 0. The maximum atomic E-state index is 4.25. The topological polar surface area (TPSA) is 9.23 Å². The van der Waals surface area contributed by atoms with E-state index >= 15 is 0 Å². The van der Waals surface area contributed by atoms with Crippen LogP contribution in [-0.2, 0) is 24.1 Å². The molecule has 0 saturated carbocycles. The van der Waals surface area contributed by atoms with E-state index in [0.717, 1.165) is 0 Å². The first-order chi connectivity index (χ1) is 1.41. The zero-order chi connectivity index (χ0) is 2.71. The normalized spacial score (nSPS) is 4.00. The molecule has 0 saturated heterocycles. The Hall–Kier alpha value is 0.674. The van der Waals surface area contributed by atoms with Crippen LogP contribution in [0.25, 0.3) is 0 Å². The van der Waals surface area contributed by atoms with E-state index in [1.54, 1.807) is 27.9 Å². The Morgan fingerprint density at radius 1 is 1.75 bits per heavy atom. The van der Waals surface area contributed by atoms with Crippen LogP contribution >= 0.6 is 0 Å². The number of rotatable bonds is 0. The second kappa shape index (κ2) is 9.37. The molecule has 0 heterocycles. The SMILES string of the molecule is C[O][Ti].[CH3]. The molecule has 0 aliphatic carbocycles. The fraction of sp³-hybridized carbons (Fsp3) is 0.500. The summed E-state index contributed by atoms with van der Waals surface area (Å²) in [5.74, 6) is 0. The van der Waals surface area contributed by atoms with Crippen LogP contribution in [0.3, 0.4) is 0 Å². The van der Waals surface area contributed by atoms with Crippen molar-refractivity contribution in [3.63, 3.8) is 0 Å². The molecule has 0 unspecified atom stereocenters. The number of hydrogen-bond acceptors (Lipinski definition) is 1. The Balaban J connectivity index is 0. The molecule has 0 spiro atoms. The van der Waals surface area contributed by atoms with E-state index in [0.29, 0.717) is 0 Å². The van der Waals surface area contributed by atoms with E-state index in [1.165, 1.54) is 0 Å². The van der Waals surface area contributed by atoms with Gasteiger partial charge in [-0.25, -0.2) is 0 Å². The molecule has 0 aliphatic rings. The summed E-state index contributed by atoms with van der Waals surface area (Å²) in [7, 11) is 1.62. The summed E-state index contributed by atoms with van der Waals surface area (Å²) in [5.41, 5.74) is 0. The maximum absolute atomic E-state index is 4.25. The molecule has 0 aromatic rings. The van der Waals surface area contributed by atoms with Crippen molar-refractivity contribution < 1.29 is 24.1 Å². The molecule has 1 radical (unpaired) electrons. The largest absolute Gasteiger partial charge is 0.0683 e. The molecule has 1 nitrogen and oxygen atoms in total. The van der Waals surface area contributed by atoms with Crippen LogP contribution in [0.2, 0.25) is 0 Å². The average molecular weight is 93.9 g/mol. The fourth-order valence-corrected chi connectivity index (χ4v) is 0. The summed E-state index contributed by atoms with van der Waals surface area (Å²) in [5, 5.41) is 0. The Bertz CT molecular complexity index is 6.00. The predicted molar refractivity (Wildman–Crippen MR) is 13.4 cm³/mol. The van der Waals surface area contributed by atoms with Gasteiger partial charge < -0.3 is 0 Å². The minimum Gasteiger partial charge on any atom is -0.0683 e. The van der Waals surface area contributed by atoms with Crippen LogP contribution in [0.5, 0.6) is 0 Å². The van der Waals surface area contributed by atoms with Crippen molar-refractivity contribution in [2.75, 3.05) is 7.11 Å². The molecule has 0 aromatic carbocycles. The molecule has 0 fully saturated rings. The van der Waals surface area contributed by atoms with Crippen molar-refractivity contribution >= 4 is 0 Å². The van der Waals surface area contributed by atoms with Gasteiger partial charge in [-0.15, -0.1) is 0 Å². The summed E-state index contributed by atoms with van der Waals surface area (Å²) in [6.45, 7) is 0. The van der Waals surface area contributed by atoms with Gasteiger partial charge in [0.25, 0.3) is 0 Å². The Morgan fingerprint density at radius 2 is 1.75 bits per heavy atom. The van der Waals surface area contributed by atoms with Gasteiger partial charge in [0, 0.05) is 0 Å². The standard InChI is InChI=1S/CH3O.CH3.Ti/c1-2;;/h1H3;1H3;/q-1;;+1. The van der Waals surface area contributed by atoms with Gasteiger partial charge in [0.05, 0.1) is 0 Å². The molecule has 0 aliphatic heterocycles. The average Bonchev–Trinajstić information content (AvgIpc) is 0.918. The molecule has 24 valence electrons. The van der Waals surface area contributed by atoms with E-state index in [2.05, 4.69) is 3.32 Å². The van der Waals surface area contributed by atoms with Crippen molar-refractivity contribution in [2.24, 2.45) is 0 Å². The van der Waals surface area contributed by atoms with E-state index in [4.69, 9.17) is 0 Å². The Labute approximate surface area is 39.2 Å². The van der Waals surface area contributed by atoms with Gasteiger partial charge in [0.1, 0.15) is 0 Å². The van der Waals surface area contributed by atoms with Crippen LogP contribution < -0.4 is 0 Å². The van der Waals surface area contributed by atoms with Crippen molar-refractivity contribution in [1.82, 2.24) is 0 Å². The predicted octanol–water partition coefficient (Wildman–Crippen LogP) is 0.545. The van der Waals surface area contributed by atoms with Gasteiger partial charge in [0.2, 0.25) is 0 Å². The van der Waals surface area contributed by atoms with Crippen LogP contribution in [-0.4, -0.2) is 7.11 Å². The minimum atomic E-state index is 0. The van der Waals surface area contributed by atoms with E-state index in [1.807, 2.05) is 0 Å². The summed E-state index contributed by atoms with van der Waals surface area (Å²) in [6.07, 6.45) is 0. The Kier molecular flexibility index (Phi) is 20.7. The van der Waals surface area contributed by atoms with E-state index in [9.17, 15) is 0 Å². The third-order valence-corrected chi connectivity index (χ3v) is 0. The quantitative estimate of drug-likeness (QED) is 0.398. The van der Waals surface area contributed by atoms with Crippen molar-refractivity contribution in [1.29, 1.82) is 0 Å². The zero-order valence-corrected chi connectivity index (χ0v) is 4.47. The molecule has 0 atom stereocenters. The maximum Gasteiger partial charge on any atom is -0.0683 e. The van der Waals surface area contributed by atoms with Crippen molar-refractivity contribution in [3.05, 3.63) is 7.43 Å². The third kappa shape index (κ3) is 16.5. The van der Waals surface area contributed by atoms with Gasteiger partial charge in [-0.1, -0.05) is 7.43 Å².